The Morgan fingerprint density at radius 1 is 0.783 bits per heavy atom. The summed E-state index contributed by atoms with van der Waals surface area (Å²) in [5, 5.41) is 0. The van der Waals surface area contributed by atoms with E-state index < -0.39 is 0 Å². The van der Waals surface area contributed by atoms with Gasteiger partial charge in [-0.1, -0.05) is 54.6 Å². The van der Waals surface area contributed by atoms with E-state index in [1.165, 1.54) is 6.08 Å². The quantitative estimate of drug-likeness (QED) is 0.496. The van der Waals surface area contributed by atoms with Crippen LogP contribution in [0.3, 0.4) is 0 Å². The van der Waals surface area contributed by atoms with Crippen molar-refractivity contribution in [3.8, 4) is 16.9 Å². The summed E-state index contributed by atoms with van der Waals surface area (Å²) in [7, 11) is 0. The Bertz CT molecular complexity index is 803. The number of hydrogen-bond acceptors (Lipinski definition) is 3. The van der Waals surface area contributed by atoms with Crippen LogP contribution in [0.5, 0.6) is 5.75 Å². The Morgan fingerprint density at radius 2 is 1.39 bits per heavy atom. The van der Waals surface area contributed by atoms with Gasteiger partial charge in [-0.15, -0.1) is 0 Å². The van der Waals surface area contributed by atoms with E-state index in [0.717, 1.165) is 22.4 Å². The first-order valence-corrected chi connectivity index (χ1v) is 7.30. The summed E-state index contributed by atoms with van der Waals surface area (Å²) in [6.45, 7) is 0.554. The van der Waals surface area contributed by atoms with Gasteiger partial charge in [0, 0.05) is 0 Å². The molecule has 0 saturated heterocycles. The molecule has 0 aromatic heterocycles. The molecule has 0 heterocycles. The van der Waals surface area contributed by atoms with Crippen LogP contribution in [0.4, 0.5) is 5.69 Å². The van der Waals surface area contributed by atoms with E-state index >= 15 is 0 Å². The SMILES string of the molecule is O=C=Nc1ccc(-c2ccc(OCc3ccccc3)cc2)cc1. The molecule has 0 aliphatic rings. The minimum atomic E-state index is 0.554. The molecule has 0 aliphatic heterocycles. The molecule has 0 unspecified atom stereocenters. The molecule has 0 radical (unpaired) electrons. The summed E-state index contributed by atoms with van der Waals surface area (Å²) in [4.78, 5) is 13.8. The molecule has 0 aliphatic carbocycles. The van der Waals surface area contributed by atoms with Gasteiger partial charge in [-0.05, 0) is 41.0 Å². The molecule has 3 aromatic rings. The molecule has 3 rings (SSSR count). The summed E-state index contributed by atoms with van der Waals surface area (Å²) < 4.78 is 5.78. The molecule has 3 heteroatoms. The average molecular weight is 301 g/mol. The van der Waals surface area contributed by atoms with Crippen molar-refractivity contribution >= 4 is 11.8 Å². The topological polar surface area (TPSA) is 38.7 Å². The fourth-order valence-corrected chi connectivity index (χ4v) is 2.27. The van der Waals surface area contributed by atoms with Crippen LogP contribution in [0.15, 0.2) is 83.9 Å². The second-order valence-corrected chi connectivity index (χ2v) is 5.05. The van der Waals surface area contributed by atoms with Gasteiger partial charge in [0.1, 0.15) is 12.4 Å². The predicted octanol–water partition coefficient (Wildman–Crippen LogP) is 4.90. The lowest BCUT2D eigenvalue weighted by Crippen LogP contribution is -1.94. The molecule has 0 spiro atoms. The van der Waals surface area contributed by atoms with Crippen LogP contribution in [-0.2, 0) is 11.4 Å². The molecule has 0 bridgehead atoms. The normalized spacial score (nSPS) is 9.91. The molecule has 3 nitrogen and oxygen atoms in total. The molecule has 23 heavy (non-hydrogen) atoms. The van der Waals surface area contributed by atoms with Gasteiger partial charge in [0.25, 0.3) is 0 Å². The minimum Gasteiger partial charge on any atom is -0.489 e. The lowest BCUT2D eigenvalue weighted by Gasteiger charge is -2.07. The van der Waals surface area contributed by atoms with E-state index in [0.29, 0.717) is 12.3 Å². The van der Waals surface area contributed by atoms with Crippen LogP contribution in [0.1, 0.15) is 5.56 Å². The molecule has 112 valence electrons. The Morgan fingerprint density at radius 3 is 2.00 bits per heavy atom. The monoisotopic (exact) mass is 301 g/mol. The van der Waals surface area contributed by atoms with Crippen LogP contribution >= 0.6 is 0 Å². The molecule has 0 saturated carbocycles. The van der Waals surface area contributed by atoms with Crippen molar-refractivity contribution in [2.24, 2.45) is 4.99 Å². The molecule has 0 amide bonds. The highest BCUT2D eigenvalue weighted by atomic mass is 16.5. The van der Waals surface area contributed by atoms with Crippen LogP contribution in [0, 0.1) is 0 Å². The number of nitrogens with zero attached hydrogens (tertiary/aromatic N) is 1. The third kappa shape index (κ3) is 3.94. The number of hydrogen-bond donors (Lipinski definition) is 0. The maximum absolute atomic E-state index is 10.2. The summed E-state index contributed by atoms with van der Waals surface area (Å²) in [6, 6.07) is 25.4. The summed E-state index contributed by atoms with van der Waals surface area (Å²) >= 11 is 0. The standard InChI is InChI=1S/C20H15NO2/c22-15-21-19-10-6-17(7-11-19)18-8-12-20(13-9-18)23-14-16-4-2-1-3-5-16/h1-13H,14H2. The van der Waals surface area contributed by atoms with E-state index in [1.807, 2.05) is 66.7 Å². The smallest absolute Gasteiger partial charge is 0.240 e. The van der Waals surface area contributed by atoms with E-state index in [4.69, 9.17) is 4.74 Å². The van der Waals surface area contributed by atoms with Gasteiger partial charge in [0.2, 0.25) is 6.08 Å². The fraction of sp³-hybridized carbons (Fsp3) is 0.0500. The zero-order valence-corrected chi connectivity index (χ0v) is 12.5. The Kier molecular flexibility index (Phi) is 4.63. The first-order chi connectivity index (χ1) is 11.3. The van der Waals surface area contributed by atoms with Crippen LogP contribution in [0.2, 0.25) is 0 Å². The zero-order valence-electron chi connectivity index (χ0n) is 12.5. The van der Waals surface area contributed by atoms with Crippen molar-refractivity contribution < 1.29 is 9.53 Å². The first-order valence-electron chi connectivity index (χ1n) is 7.30. The van der Waals surface area contributed by atoms with E-state index in [2.05, 4.69) is 4.99 Å². The van der Waals surface area contributed by atoms with Crippen molar-refractivity contribution in [1.82, 2.24) is 0 Å². The predicted molar refractivity (Wildman–Crippen MR) is 90.4 cm³/mol. The van der Waals surface area contributed by atoms with Gasteiger partial charge in [-0.3, -0.25) is 0 Å². The molecule has 0 fully saturated rings. The van der Waals surface area contributed by atoms with Crippen molar-refractivity contribution in [3.63, 3.8) is 0 Å². The molecule has 0 atom stereocenters. The molecule has 0 N–H and O–H groups in total. The maximum Gasteiger partial charge on any atom is 0.240 e. The Balaban J connectivity index is 1.68. The first kappa shape index (κ1) is 14.8. The summed E-state index contributed by atoms with van der Waals surface area (Å²) in [5.74, 6) is 0.833. The number of ether oxygens (including phenoxy) is 1. The van der Waals surface area contributed by atoms with Gasteiger partial charge in [-0.2, -0.15) is 4.99 Å². The third-order valence-corrected chi connectivity index (χ3v) is 3.48. The van der Waals surface area contributed by atoms with E-state index in [9.17, 15) is 4.79 Å². The summed E-state index contributed by atoms with van der Waals surface area (Å²) in [6.07, 6.45) is 1.54. The second-order valence-electron chi connectivity index (χ2n) is 5.05. The van der Waals surface area contributed by atoms with E-state index in [-0.39, 0.29) is 0 Å². The van der Waals surface area contributed by atoms with Crippen LogP contribution in [0.25, 0.3) is 11.1 Å². The number of aliphatic imine (C=N–C) groups is 1. The van der Waals surface area contributed by atoms with Gasteiger partial charge < -0.3 is 4.74 Å². The zero-order chi connectivity index (χ0) is 15.9. The highest BCUT2D eigenvalue weighted by Gasteiger charge is 2.00. The van der Waals surface area contributed by atoms with Gasteiger partial charge in [-0.25, -0.2) is 4.79 Å². The van der Waals surface area contributed by atoms with Crippen molar-refractivity contribution in [3.05, 3.63) is 84.4 Å². The Labute approximate surface area is 134 Å². The van der Waals surface area contributed by atoms with Gasteiger partial charge in [0.15, 0.2) is 0 Å². The fourth-order valence-electron chi connectivity index (χ4n) is 2.27. The molecular formula is C20H15NO2. The van der Waals surface area contributed by atoms with E-state index in [1.54, 1.807) is 12.1 Å². The lowest BCUT2D eigenvalue weighted by molar-refractivity contribution is 0.306. The number of benzene rings is 3. The largest absolute Gasteiger partial charge is 0.489 e. The molecule has 3 aromatic carbocycles. The third-order valence-electron chi connectivity index (χ3n) is 3.48. The number of carbonyl (C=O) groups excluding carboxylic acids is 1. The molecular weight excluding hydrogens is 286 g/mol. The van der Waals surface area contributed by atoms with Crippen molar-refractivity contribution in [1.29, 1.82) is 0 Å². The van der Waals surface area contributed by atoms with Crippen molar-refractivity contribution in [2.45, 2.75) is 6.61 Å². The number of isocyanates is 1. The average Bonchev–Trinajstić information content (AvgIpc) is 2.62. The van der Waals surface area contributed by atoms with Gasteiger partial charge in [0.05, 0.1) is 5.69 Å². The number of rotatable bonds is 5. The highest BCUT2D eigenvalue weighted by Crippen LogP contribution is 2.25. The minimum absolute atomic E-state index is 0.554. The second kappa shape index (κ2) is 7.21. The summed E-state index contributed by atoms with van der Waals surface area (Å²) in [5.41, 5.74) is 3.89. The van der Waals surface area contributed by atoms with Crippen molar-refractivity contribution in [2.75, 3.05) is 0 Å². The maximum atomic E-state index is 10.2. The van der Waals surface area contributed by atoms with Gasteiger partial charge >= 0.3 is 0 Å². The van der Waals surface area contributed by atoms with Crippen LogP contribution in [-0.4, -0.2) is 6.08 Å². The lowest BCUT2D eigenvalue weighted by atomic mass is 10.1. The highest BCUT2D eigenvalue weighted by molar-refractivity contribution is 5.66. The Hall–Kier alpha value is -3.16. The van der Waals surface area contributed by atoms with Crippen LogP contribution < -0.4 is 4.74 Å².